The highest BCUT2D eigenvalue weighted by molar-refractivity contribution is 7.92. The number of sulfonamides is 1. The van der Waals surface area contributed by atoms with Crippen molar-refractivity contribution in [2.75, 3.05) is 16.2 Å². The summed E-state index contributed by atoms with van der Waals surface area (Å²) in [5, 5.41) is 2.86. The molecule has 1 N–H and O–H groups in total. The van der Waals surface area contributed by atoms with Crippen LogP contribution in [-0.4, -0.2) is 27.0 Å². The van der Waals surface area contributed by atoms with Crippen LogP contribution in [0.3, 0.4) is 0 Å². The van der Waals surface area contributed by atoms with E-state index >= 15 is 0 Å². The van der Waals surface area contributed by atoms with Gasteiger partial charge in [-0.15, -0.1) is 0 Å². The van der Waals surface area contributed by atoms with E-state index in [9.17, 15) is 13.2 Å². The summed E-state index contributed by atoms with van der Waals surface area (Å²) in [4.78, 5) is 13.2. The van der Waals surface area contributed by atoms with Gasteiger partial charge < -0.3 is 10.1 Å². The molecule has 0 radical (unpaired) electrons. The average molecular weight is 465 g/mol. The molecule has 3 aromatic carbocycles. The molecule has 0 spiro atoms. The van der Waals surface area contributed by atoms with Crippen molar-refractivity contribution in [1.82, 2.24) is 0 Å². The maximum atomic E-state index is 13.5. The minimum Gasteiger partial charge on any atom is -0.476 e. The third-order valence-corrected chi connectivity index (χ3v) is 7.53. The molecule has 0 aromatic heterocycles. The molecule has 6 nitrogen and oxygen atoms in total. The fourth-order valence-corrected chi connectivity index (χ4v) is 5.21. The van der Waals surface area contributed by atoms with Gasteiger partial charge in [-0.2, -0.15) is 0 Å². The predicted molar refractivity (Wildman–Crippen MR) is 130 cm³/mol. The number of ether oxygens (including phenoxy) is 1. The Morgan fingerprint density at radius 1 is 0.970 bits per heavy atom. The Morgan fingerprint density at radius 3 is 2.24 bits per heavy atom. The number of hydrogen-bond donors (Lipinski definition) is 1. The summed E-state index contributed by atoms with van der Waals surface area (Å²) in [6.45, 7) is 7.87. The molecule has 33 heavy (non-hydrogen) atoms. The number of anilines is 2. The largest absolute Gasteiger partial charge is 0.476 e. The lowest BCUT2D eigenvalue weighted by molar-refractivity contribution is -0.122. The summed E-state index contributed by atoms with van der Waals surface area (Å²) in [5.41, 5.74) is 4.10. The molecule has 1 aliphatic rings. The van der Waals surface area contributed by atoms with Gasteiger partial charge in [0.25, 0.3) is 15.9 Å². The van der Waals surface area contributed by atoms with E-state index in [4.69, 9.17) is 4.74 Å². The second-order valence-electron chi connectivity index (χ2n) is 8.69. The number of hydrogen-bond acceptors (Lipinski definition) is 4. The zero-order valence-electron chi connectivity index (χ0n) is 19.2. The number of fused-ring (bicyclic) bond motifs is 1. The van der Waals surface area contributed by atoms with Crippen LogP contribution in [0.15, 0.2) is 71.6 Å². The Balaban J connectivity index is 1.64. The first-order chi connectivity index (χ1) is 15.6. The lowest BCUT2D eigenvalue weighted by Gasteiger charge is -2.35. The van der Waals surface area contributed by atoms with Crippen molar-refractivity contribution >= 4 is 27.3 Å². The van der Waals surface area contributed by atoms with E-state index < -0.39 is 22.0 Å². The molecule has 3 aromatic rings. The van der Waals surface area contributed by atoms with E-state index in [0.717, 1.165) is 11.1 Å². The molecule has 7 heteroatoms. The Labute approximate surface area is 195 Å². The van der Waals surface area contributed by atoms with Crippen molar-refractivity contribution in [3.63, 3.8) is 0 Å². The molecule has 0 bridgehead atoms. The summed E-state index contributed by atoms with van der Waals surface area (Å²) in [5.74, 6) is 0.354. The van der Waals surface area contributed by atoms with Crippen LogP contribution < -0.4 is 14.4 Å². The summed E-state index contributed by atoms with van der Waals surface area (Å²) in [7, 11) is -3.89. The third kappa shape index (κ3) is 4.73. The summed E-state index contributed by atoms with van der Waals surface area (Å²) < 4.78 is 34.3. The Bertz CT molecular complexity index is 1270. The maximum Gasteiger partial charge on any atom is 0.267 e. The van der Waals surface area contributed by atoms with Gasteiger partial charge in [0.05, 0.1) is 17.1 Å². The molecule has 0 aliphatic carbocycles. The highest BCUT2D eigenvalue weighted by Gasteiger charge is 2.37. The van der Waals surface area contributed by atoms with Crippen LogP contribution in [0.25, 0.3) is 0 Å². The van der Waals surface area contributed by atoms with Crippen LogP contribution in [0.2, 0.25) is 0 Å². The molecular weight excluding hydrogens is 436 g/mol. The van der Waals surface area contributed by atoms with Gasteiger partial charge in [0, 0.05) is 5.69 Å². The van der Waals surface area contributed by atoms with Gasteiger partial charge in [0.2, 0.25) is 0 Å². The summed E-state index contributed by atoms with van der Waals surface area (Å²) in [6.07, 6.45) is -0.996. The van der Waals surface area contributed by atoms with E-state index in [-0.39, 0.29) is 11.4 Å². The fraction of sp³-hybridized carbons (Fsp3) is 0.269. The van der Waals surface area contributed by atoms with Gasteiger partial charge >= 0.3 is 0 Å². The van der Waals surface area contributed by atoms with Crippen LogP contribution in [-0.2, 0) is 14.8 Å². The molecular formula is C26H28N2O4S. The minimum absolute atomic E-state index is 0.123. The molecule has 1 amide bonds. The monoisotopic (exact) mass is 464 g/mol. The van der Waals surface area contributed by atoms with Gasteiger partial charge in [-0.1, -0.05) is 49.7 Å². The van der Waals surface area contributed by atoms with Crippen molar-refractivity contribution in [2.45, 2.75) is 44.6 Å². The average Bonchev–Trinajstić information content (AvgIpc) is 2.78. The van der Waals surface area contributed by atoms with E-state index in [1.807, 2.05) is 44.2 Å². The predicted octanol–water partition coefficient (Wildman–Crippen LogP) is 5.02. The highest BCUT2D eigenvalue weighted by atomic mass is 32.2. The van der Waals surface area contributed by atoms with Crippen LogP contribution in [0, 0.1) is 13.8 Å². The van der Waals surface area contributed by atoms with Crippen LogP contribution >= 0.6 is 0 Å². The van der Waals surface area contributed by atoms with Crippen molar-refractivity contribution in [3.05, 3.63) is 83.4 Å². The van der Waals surface area contributed by atoms with Crippen LogP contribution in [0.4, 0.5) is 11.4 Å². The van der Waals surface area contributed by atoms with Crippen molar-refractivity contribution in [3.8, 4) is 5.75 Å². The number of benzene rings is 3. The van der Waals surface area contributed by atoms with Gasteiger partial charge in [-0.3, -0.25) is 9.10 Å². The van der Waals surface area contributed by atoms with Gasteiger partial charge in [0.1, 0.15) is 5.75 Å². The first kappa shape index (κ1) is 22.9. The number of rotatable bonds is 5. The van der Waals surface area contributed by atoms with E-state index in [2.05, 4.69) is 19.2 Å². The Hall–Kier alpha value is -3.32. The molecule has 0 fully saturated rings. The quantitative estimate of drug-likeness (QED) is 0.575. The normalized spacial score (nSPS) is 15.7. The molecule has 1 heterocycles. The lowest BCUT2D eigenvalue weighted by atomic mass is 10.0. The first-order valence-corrected chi connectivity index (χ1v) is 12.4. The van der Waals surface area contributed by atoms with Gasteiger partial charge in [0.15, 0.2) is 6.10 Å². The zero-order chi connectivity index (χ0) is 23.8. The van der Waals surface area contributed by atoms with Crippen molar-refractivity contribution in [2.24, 2.45) is 0 Å². The molecule has 0 saturated carbocycles. The highest BCUT2D eigenvalue weighted by Crippen LogP contribution is 2.38. The third-order valence-electron chi connectivity index (χ3n) is 5.73. The van der Waals surface area contributed by atoms with E-state index in [1.54, 1.807) is 36.4 Å². The van der Waals surface area contributed by atoms with Crippen LogP contribution in [0.1, 0.15) is 36.5 Å². The smallest absolute Gasteiger partial charge is 0.267 e. The topological polar surface area (TPSA) is 75.7 Å². The summed E-state index contributed by atoms with van der Waals surface area (Å²) in [6, 6.07) is 19.6. The van der Waals surface area contributed by atoms with Gasteiger partial charge in [-0.05, 0) is 67.3 Å². The molecule has 0 saturated heterocycles. The fourth-order valence-electron chi connectivity index (χ4n) is 3.74. The number of amides is 1. The standard InChI is InChI=1S/C26H28N2O4S/c1-17(2)20-8-10-21(11-9-20)27-26(29)25-16-28(23-14-7-19(4)15-24(23)32-25)33(30,31)22-12-5-18(3)6-13-22/h5-15,17,25H,16H2,1-4H3,(H,27,29). The Kier molecular flexibility index (Phi) is 6.17. The lowest BCUT2D eigenvalue weighted by Crippen LogP contribution is -2.48. The minimum atomic E-state index is -3.89. The first-order valence-electron chi connectivity index (χ1n) is 10.9. The number of carbonyl (C=O) groups is 1. The Morgan fingerprint density at radius 2 is 1.61 bits per heavy atom. The van der Waals surface area contributed by atoms with Crippen molar-refractivity contribution < 1.29 is 17.9 Å². The second kappa shape index (κ2) is 8.90. The van der Waals surface area contributed by atoms with E-state index in [0.29, 0.717) is 23.0 Å². The SMILES string of the molecule is Cc1ccc(S(=O)(=O)N2CC(C(=O)Nc3ccc(C(C)C)cc3)Oc3cc(C)ccc32)cc1. The molecule has 172 valence electrons. The number of nitrogens with one attached hydrogen (secondary N) is 1. The van der Waals surface area contributed by atoms with Crippen LogP contribution in [0.5, 0.6) is 5.75 Å². The molecule has 4 rings (SSSR count). The van der Waals surface area contributed by atoms with Crippen molar-refractivity contribution in [1.29, 1.82) is 0 Å². The number of nitrogens with zero attached hydrogens (tertiary/aromatic N) is 1. The number of carbonyl (C=O) groups excluding carboxylic acids is 1. The maximum absolute atomic E-state index is 13.5. The summed E-state index contributed by atoms with van der Waals surface area (Å²) >= 11 is 0. The van der Waals surface area contributed by atoms with E-state index in [1.165, 1.54) is 9.87 Å². The van der Waals surface area contributed by atoms with Gasteiger partial charge in [-0.25, -0.2) is 8.42 Å². The second-order valence-corrected chi connectivity index (χ2v) is 10.6. The molecule has 1 unspecified atom stereocenters. The zero-order valence-corrected chi connectivity index (χ0v) is 20.0. The molecule has 1 atom stereocenters. The molecule has 1 aliphatic heterocycles. The number of aryl methyl sites for hydroxylation is 2.